The molecule has 0 saturated carbocycles. The van der Waals surface area contributed by atoms with Gasteiger partial charge in [-0.3, -0.25) is 0 Å². The predicted octanol–water partition coefficient (Wildman–Crippen LogP) is 2.17. The molecule has 1 atom stereocenters. The van der Waals surface area contributed by atoms with Gasteiger partial charge in [-0.15, -0.1) is 0 Å². The number of amides is 1. The first kappa shape index (κ1) is 17.6. The molecule has 23 heavy (non-hydrogen) atoms. The largest absolute Gasteiger partial charge is 0.491 e. The Labute approximate surface area is 136 Å². The molecular formula is C15H21NO6S. The van der Waals surface area contributed by atoms with Gasteiger partial charge in [-0.1, -0.05) is 6.07 Å². The normalized spacial score (nSPS) is 17.5. The third-order valence-electron chi connectivity index (χ3n) is 2.78. The van der Waals surface area contributed by atoms with Crippen molar-refractivity contribution in [3.8, 4) is 5.75 Å². The fraction of sp³-hybridized carbons (Fsp3) is 0.533. The highest BCUT2D eigenvalue weighted by molar-refractivity contribution is 7.92. The SMILES string of the molecule is CC(C)(C)OC(=O)N(c1cccc(OC[C@@H]2CO2)c1)S(C)(=O)=O. The van der Waals surface area contributed by atoms with Crippen molar-refractivity contribution >= 4 is 21.8 Å². The van der Waals surface area contributed by atoms with Crippen molar-refractivity contribution in [1.29, 1.82) is 0 Å². The number of ether oxygens (including phenoxy) is 3. The van der Waals surface area contributed by atoms with Crippen molar-refractivity contribution in [3.63, 3.8) is 0 Å². The van der Waals surface area contributed by atoms with E-state index in [0.29, 0.717) is 23.3 Å². The lowest BCUT2D eigenvalue weighted by atomic mass is 10.2. The number of anilines is 1. The number of carbonyl (C=O) groups excluding carboxylic acids is 1. The van der Waals surface area contributed by atoms with E-state index in [2.05, 4.69) is 0 Å². The highest BCUT2D eigenvalue weighted by Crippen LogP contribution is 2.26. The molecule has 1 aromatic carbocycles. The lowest BCUT2D eigenvalue weighted by Gasteiger charge is -2.26. The number of hydrogen-bond donors (Lipinski definition) is 0. The number of rotatable bonds is 5. The second-order valence-electron chi connectivity index (χ2n) is 6.27. The summed E-state index contributed by atoms with van der Waals surface area (Å²) in [5, 5.41) is 0. The van der Waals surface area contributed by atoms with Gasteiger partial charge in [0.1, 0.15) is 24.1 Å². The standard InChI is InChI=1S/C15H21NO6S/c1-15(2,3)22-14(17)16(23(4,18)19)11-6-5-7-12(8-11)20-9-13-10-21-13/h5-8,13H,9-10H2,1-4H3/t13-/m1/s1. The molecule has 8 heteroatoms. The maximum atomic E-state index is 12.3. The van der Waals surface area contributed by atoms with Crippen LogP contribution < -0.4 is 9.04 Å². The predicted molar refractivity (Wildman–Crippen MR) is 85.2 cm³/mol. The van der Waals surface area contributed by atoms with Crippen LogP contribution in [-0.2, 0) is 19.5 Å². The van der Waals surface area contributed by atoms with Gasteiger partial charge in [0.05, 0.1) is 18.6 Å². The minimum Gasteiger partial charge on any atom is -0.491 e. The molecule has 0 unspecified atom stereocenters. The minimum absolute atomic E-state index is 0.0792. The Bertz CT molecular complexity index is 675. The lowest BCUT2D eigenvalue weighted by molar-refractivity contribution is 0.0609. The van der Waals surface area contributed by atoms with Crippen LogP contribution in [0.15, 0.2) is 24.3 Å². The van der Waals surface area contributed by atoms with Crippen LogP contribution in [-0.4, -0.2) is 45.7 Å². The molecule has 128 valence electrons. The van der Waals surface area contributed by atoms with E-state index in [1.165, 1.54) is 12.1 Å². The monoisotopic (exact) mass is 343 g/mol. The summed E-state index contributed by atoms with van der Waals surface area (Å²) in [6.45, 7) is 6.05. The van der Waals surface area contributed by atoms with Crippen molar-refractivity contribution < 1.29 is 27.4 Å². The molecule has 1 aromatic rings. The van der Waals surface area contributed by atoms with Gasteiger partial charge >= 0.3 is 6.09 Å². The summed E-state index contributed by atoms with van der Waals surface area (Å²) in [5.74, 6) is 0.454. The van der Waals surface area contributed by atoms with Gasteiger partial charge in [0.15, 0.2) is 0 Å². The van der Waals surface area contributed by atoms with Gasteiger partial charge in [0, 0.05) is 6.07 Å². The quantitative estimate of drug-likeness (QED) is 0.762. The van der Waals surface area contributed by atoms with E-state index < -0.39 is 21.7 Å². The van der Waals surface area contributed by atoms with Gasteiger partial charge in [0.25, 0.3) is 0 Å². The summed E-state index contributed by atoms with van der Waals surface area (Å²) in [6.07, 6.45) is 0.0702. The fourth-order valence-corrected chi connectivity index (χ4v) is 2.59. The maximum Gasteiger partial charge on any atom is 0.428 e. The molecule has 7 nitrogen and oxygen atoms in total. The Kier molecular flexibility index (Phi) is 4.86. The molecule has 1 heterocycles. The first-order chi connectivity index (χ1) is 10.6. The van der Waals surface area contributed by atoms with Crippen molar-refractivity contribution in [1.82, 2.24) is 0 Å². The Balaban J connectivity index is 2.24. The minimum atomic E-state index is -3.85. The van der Waals surface area contributed by atoms with Crippen LogP contribution in [0.5, 0.6) is 5.75 Å². The van der Waals surface area contributed by atoms with Crippen LogP contribution in [0.4, 0.5) is 10.5 Å². The van der Waals surface area contributed by atoms with Crippen LogP contribution >= 0.6 is 0 Å². The number of benzene rings is 1. The highest BCUT2D eigenvalue weighted by Gasteiger charge is 2.30. The van der Waals surface area contributed by atoms with E-state index in [4.69, 9.17) is 14.2 Å². The first-order valence-electron chi connectivity index (χ1n) is 7.14. The molecule has 0 aromatic heterocycles. The second-order valence-corrected chi connectivity index (χ2v) is 8.10. The number of sulfonamides is 1. The smallest absolute Gasteiger partial charge is 0.428 e. The summed E-state index contributed by atoms with van der Waals surface area (Å²) in [6, 6.07) is 6.28. The number of carbonyl (C=O) groups is 1. The molecular weight excluding hydrogens is 322 g/mol. The Morgan fingerprint density at radius 3 is 2.57 bits per heavy atom. The molecule has 0 aliphatic carbocycles. The lowest BCUT2D eigenvalue weighted by Crippen LogP contribution is -2.40. The van der Waals surface area contributed by atoms with Gasteiger partial charge < -0.3 is 14.2 Å². The zero-order chi connectivity index (χ0) is 17.3. The zero-order valence-electron chi connectivity index (χ0n) is 13.6. The van der Waals surface area contributed by atoms with E-state index >= 15 is 0 Å². The number of hydrogen-bond acceptors (Lipinski definition) is 6. The molecule has 2 rings (SSSR count). The van der Waals surface area contributed by atoms with Crippen molar-refractivity contribution in [2.24, 2.45) is 0 Å². The molecule has 1 aliphatic rings. The molecule has 1 aliphatic heterocycles. The van der Waals surface area contributed by atoms with Crippen molar-refractivity contribution in [2.45, 2.75) is 32.5 Å². The van der Waals surface area contributed by atoms with Gasteiger partial charge in [-0.2, -0.15) is 4.31 Å². The number of epoxide rings is 1. The third kappa shape index (κ3) is 5.40. The van der Waals surface area contributed by atoms with Gasteiger partial charge in [0.2, 0.25) is 10.0 Å². The number of nitrogens with zero attached hydrogens (tertiary/aromatic N) is 1. The van der Waals surface area contributed by atoms with E-state index in [1.807, 2.05) is 0 Å². The fourth-order valence-electron chi connectivity index (χ4n) is 1.79. The third-order valence-corrected chi connectivity index (χ3v) is 3.80. The van der Waals surface area contributed by atoms with Crippen LogP contribution in [0.3, 0.4) is 0 Å². The second kappa shape index (κ2) is 6.37. The molecule has 1 amide bonds. The molecule has 0 bridgehead atoms. The highest BCUT2D eigenvalue weighted by atomic mass is 32.2. The van der Waals surface area contributed by atoms with Crippen LogP contribution in [0.1, 0.15) is 20.8 Å². The topological polar surface area (TPSA) is 85.4 Å². The maximum absolute atomic E-state index is 12.3. The molecule has 0 N–H and O–H groups in total. The summed E-state index contributed by atoms with van der Waals surface area (Å²) in [7, 11) is -3.85. The van der Waals surface area contributed by atoms with E-state index in [0.717, 1.165) is 6.26 Å². The zero-order valence-corrected chi connectivity index (χ0v) is 14.4. The average Bonchev–Trinajstić information content (AvgIpc) is 3.16. The Morgan fingerprint density at radius 1 is 1.39 bits per heavy atom. The van der Waals surface area contributed by atoms with Crippen molar-refractivity contribution in [3.05, 3.63) is 24.3 Å². The molecule has 0 radical (unpaired) electrons. The summed E-state index contributed by atoms with van der Waals surface area (Å²) in [4.78, 5) is 12.3. The van der Waals surface area contributed by atoms with Crippen LogP contribution in [0.2, 0.25) is 0 Å². The molecule has 1 saturated heterocycles. The summed E-state index contributed by atoms with van der Waals surface area (Å²) >= 11 is 0. The molecule has 1 fully saturated rings. The Morgan fingerprint density at radius 2 is 2.04 bits per heavy atom. The van der Waals surface area contributed by atoms with E-state index in [-0.39, 0.29) is 11.8 Å². The van der Waals surface area contributed by atoms with E-state index in [1.54, 1.807) is 32.9 Å². The van der Waals surface area contributed by atoms with Crippen molar-refractivity contribution in [2.75, 3.05) is 23.8 Å². The van der Waals surface area contributed by atoms with Gasteiger partial charge in [-0.05, 0) is 32.9 Å². The van der Waals surface area contributed by atoms with Gasteiger partial charge in [-0.25, -0.2) is 13.2 Å². The average molecular weight is 343 g/mol. The summed E-state index contributed by atoms with van der Waals surface area (Å²) in [5.41, 5.74) is -0.645. The van der Waals surface area contributed by atoms with Crippen LogP contribution in [0, 0.1) is 0 Å². The molecule has 0 spiro atoms. The van der Waals surface area contributed by atoms with E-state index in [9.17, 15) is 13.2 Å². The first-order valence-corrected chi connectivity index (χ1v) is 8.99. The Hall–Kier alpha value is -1.80. The van der Waals surface area contributed by atoms with Crippen LogP contribution in [0.25, 0.3) is 0 Å². The summed E-state index contributed by atoms with van der Waals surface area (Å²) < 4.78 is 40.4.